The first-order valence-electron chi connectivity index (χ1n) is 6.42. The molecule has 1 N–H and O–H groups in total. The van der Waals surface area contributed by atoms with Crippen LogP contribution in [0, 0.1) is 0 Å². The van der Waals surface area contributed by atoms with Crippen LogP contribution in [0.4, 0.5) is 0 Å². The molecule has 1 aromatic rings. The van der Waals surface area contributed by atoms with E-state index < -0.39 is 6.04 Å². The van der Waals surface area contributed by atoms with Gasteiger partial charge >= 0.3 is 0 Å². The van der Waals surface area contributed by atoms with Gasteiger partial charge in [0.2, 0.25) is 5.91 Å². The molecule has 1 aliphatic heterocycles. The van der Waals surface area contributed by atoms with Gasteiger partial charge in [0.15, 0.2) is 4.67 Å². The summed E-state index contributed by atoms with van der Waals surface area (Å²) in [4.78, 5) is 25.9. The van der Waals surface area contributed by atoms with E-state index in [1.807, 2.05) is 4.90 Å². The zero-order valence-electron chi connectivity index (χ0n) is 10.8. The van der Waals surface area contributed by atoms with Crippen molar-refractivity contribution in [1.29, 1.82) is 0 Å². The van der Waals surface area contributed by atoms with Crippen molar-refractivity contribution >= 4 is 27.7 Å². The lowest BCUT2D eigenvalue weighted by atomic mass is 10.1. The third-order valence-electron chi connectivity index (χ3n) is 3.25. The van der Waals surface area contributed by atoms with Gasteiger partial charge < -0.3 is 14.6 Å². The van der Waals surface area contributed by atoms with Gasteiger partial charge in [0.25, 0.3) is 5.91 Å². The molecule has 0 aromatic carbocycles. The molecular formula is C13H17BrN2O3. The van der Waals surface area contributed by atoms with E-state index in [1.54, 1.807) is 13.0 Å². The Kier molecular flexibility index (Phi) is 4.63. The maximum atomic E-state index is 12.2. The van der Waals surface area contributed by atoms with Crippen LogP contribution in [0.15, 0.2) is 21.4 Å². The number of hydrogen-bond donors (Lipinski definition) is 1. The number of hydrogen-bond acceptors (Lipinski definition) is 3. The van der Waals surface area contributed by atoms with Crippen molar-refractivity contribution in [3.8, 4) is 0 Å². The zero-order chi connectivity index (χ0) is 13.8. The molecule has 2 rings (SSSR count). The van der Waals surface area contributed by atoms with Gasteiger partial charge in [0, 0.05) is 13.1 Å². The van der Waals surface area contributed by atoms with Gasteiger partial charge in [-0.2, -0.15) is 0 Å². The van der Waals surface area contributed by atoms with Crippen LogP contribution in [0.2, 0.25) is 0 Å². The van der Waals surface area contributed by atoms with Crippen LogP contribution >= 0.6 is 15.9 Å². The monoisotopic (exact) mass is 328 g/mol. The molecule has 1 atom stereocenters. The predicted molar refractivity (Wildman–Crippen MR) is 73.8 cm³/mol. The topological polar surface area (TPSA) is 62.6 Å². The van der Waals surface area contributed by atoms with Gasteiger partial charge in [-0.05, 0) is 48.2 Å². The molecule has 0 saturated carbocycles. The third-order valence-corrected chi connectivity index (χ3v) is 3.86. The summed E-state index contributed by atoms with van der Waals surface area (Å²) in [6, 6.07) is 1.05. The Labute approximate surface area is 120 Å². The normalized spacial score (nSPS) is 17.1. The number of carbonyl (C=O) groups is 2. The van der Waals surface area contributed by atoms with Crippen molar-refractivity contribution in [3.63, 3.8) is 0 Å². The first-order valence-corrected chi connectivity index (χ1v) is 7.21. The highest BCUT2D eigenvalue weighted by Crippen LogP contribution is 2.17. The Morgan fingerprint density at radius 3 is 2.63 bits per heavy atom. The highest BCUT2D eigenvalue weighted by atomic mass is 79.9. The molecule has 1 aliphatic rings. The van der Waals surface area contributed by atoms with Crippen molar-refractivity contribution in [3.05, 3.63) is 22.6 Å². The first-order chi connectivity index (χ1) is 9.09. The van der Waals surface area contributed by atoms with Crippen LogP contribution in [0.5, 0.6) is 0 Å². The lowest BCUT2D eigenvalue weighted by Gasteiger charge is -2.29. The van der Waals surface area contributed by atoms with E-state index in [4.69, 9.17) is 4.42 Å². The van der Waals surface area contributed by atoms with Gasteiger partial charge in [-0.15, -0.1) is 0 Å². The number of nitrogens with one attached hydrogen (secondary N) is 1. The molecule has 104 valence electrons. The number of carbonyl (C=O) groups excluding carboxylic acids is 2. The molecular weight excluding hydrogens is 312 g/mol. The second-order valence-corrected chi connectivity index (χ2v) is 5.41. The SMILES string of the molecule is CC(NC(=O)c1ccoc1Br)C(=O)N1CCCCC1. The molecule has 19 heavy (non-hydrogen) atoms. The number of likely N-dealkylation sites (tertiary alicyclic amines) is 1. The maximum absolute atomic E-state index is 12.2. The van der Waals surface area contributed by atoms with E-state index in [1.165, 1.54) is 12.7 Å². The minimum absolute atomic E-state index is 0.0207. The molecule has 1 fully saturated rings. The number of amides is 2. The Bertz CT molecular complexity index is 466. The first kappa shape index (κ1) is 14.1. The minimum Gasteiger partial charge on any atom is -0.457 e. The summed E-state index contributed by atoms with van der Waals surface area (Å²) in [6.45, 7) is 3.28. The Morgan fingerprint density at radius 2 is 2.05 bits per heavy atom. The fraction of sp³-hybridized carbons (Fsp3) is 0.538. The van der Waals surface area contributed by atoms with Gasteiger partial charge in [-0.25, -0.2) is 0 Å². The molecule has 0 bridgehead atoms. The largest absolute Gasteiger partial charge is 0.457 e. The number of furan rings is 1. The van der Waals surface area contributed by atoms with Gasteiger partial charge in [0.05, 0.1) is 11.8 Å². The fourth-order valence-corrected chi connectivity index (χ4v) is 2.60. The Hall–Kier alpha value is -1.30. The van der Waals surface area contributed by atoms with E-state index in [0.717, 1.165) is 25.9 Å². The summed E-state index contributed by atoms with van der Waals surface area (Å²) in [7, 11) is 0. The lowest BCUT2D eigenvalue weighted by molar-refractivity contribution is -0.133. The van der Waals surface area contributed by atoms with Crippen LogP contribution in [-0.2, 0) is 4.79 Å². The van der Waals surface area contributed by atoms with Crippen LogP contribution < -0.4 is 5.32 Å². The summed E-state index contributed by atoms with van der Waals surface area (Å²) in [5.74, 6) is -0.328. The van der Waals surface area contributed by atoms with E-state index >= 15 is 0 Å². The van der Waals surface area contributed by atoms with Crippen LogP contribution in [0.25, 0.3) is 0 Å². The molecule has 6 heteroatoms. The van der Waals surface area contributed by atoms with Crippen molar-refractivity contribution in [2.24, 2.45) is 0 Å². The lowest BCUT2D eigenvalue weighted by Crippen LogP contribution is -2.48. The number of rotatable bonds is 3. The second kappa shape index (κ2) is 6.23. The third kappa shape index (κ3) is 3.37. The molecule has 5 nitrogen and oxygen atoms in total. The van der Waals surface area contributed by atoms with Gasteiger partial charge in [-0.1, -0.05) is 0 Å². The summed E-state index contributed by atoms with van der Waals surface area (Å²) in [5.41, 5.74) is 0.401. The van der Waals surface area contributed by atoms with E-state index in [9.17, 15) is 9.59 Å². The smallest absolute Gasteiger partial charge is 0.256 e. The number of nitrogens with zero attached hydrogens (tertiary/aromatic N) is 1. The van der Waals surface area contributed by atoms with Crippen molar-refractivity contribution in [2.75, 3.05) is 13.1 Å². The summed E-state index contributed by atoms with van der Waals surface area (Å²) < 4.78 is 5.38. The number of halogens is 1. The molecule has 1 aromatic heterocycles. The molecule has 0 aliphatic carbocycles. The number of piperidine rings is 1. The highest BCUT2D eigenvalue weighted by Gasteiger charge is 2.24. The average Bonchev–Trinajstić information content (AvgIpc) is 2.85. The Balaban J connectivity index is 1.93. The average molecular weight is 329 g/mol. The van der Waals surface area contributed by atoms with Gasteiger partial charge in [0.1, 0.15) is 6.04 Å². The zero-order valence-corrected chi connectivity index (χ0v) is 12.4. The molecule has 0 spiro atoms. The van der Waals surface area contributed by atoms with E-state index in [2.05, 4.69) is 21.2 Å². The fourth-order valence-electron chi connectivity index (χ4n) is 2.18. The standard InChI is InChI=1S/C13H17BrN2O3/c1-9(13(18)16-6-3-2-4-7-16)15-12(17)10-5-8-19-11(10)14/h5,8-9H,2-4,6-7H2,1H3,(H,15,17). The summed E-state index contributed by atoms with van der Waals surface area (Å²) >= 11 is 3.15. The van der Waals surface area contributed by atoms with Crippen molar-refractivity contribution in [2.45, 2.75) is 32.2 Å². The van der Waals surface area contributed by atoms with Crippen LogP contribution in [-0.4, -0.2) is 35.8 Å². The van der Waals surface area contributed by atoms with Crippen LogP contribution in [0.3, 0.4) is 0 Å². The Morgan fingerprint density at radius 1 is 1.37 bits per heavy atom. The van der Waals surface area contributed by atoms with Gasteiger partial charge in [-0.3, -0.25) is 9.59 Å². The minimum atomic E-state index is -0.521. The van der Waals surface area contributed by atoms with E-state index in [0.29, 0.717) is 10.2 Å². The summed E-state index contributed by atoms with van der Waals surface area (Å²) in [6.07, 6.45) is 4.68. The quantitative estimate of drug-likeness (QED) is 0.924. The molecule has 2 amide bonds. The highest BCUT2D eigenvalue weighted by molar-refractivity contribution is 9.10. The van der Waals surface area contributed by atoms with Crippen molar-refractivity contribution < 1.29 is 14.0 Å². The second-order valence-electron chi connectivity index (χ2n) is 4.69. The molecule has 1 unspecified atom stereocenters. The molecule has 2 heterocycles. The predicted octanol–water partition coefficient (Wildman–Crippen LogP) is 2.17. The molecule has 0 radical (unpaired) electrons. The maximum Gasteiger partial charge on any atom is 0.256 e. The summed E-state index contributed by atoms with van der Waals surface area (Å²) in [5, 5.41) is 2.70. The molecule has 1 saturated heterocycles. The van der Waals surface area contributed by atoms with Crippen LogP contribution in [0.1, 0.15) is 36.5 Å². The van der Waals surface area contributed by atoms with Crippen molar-refractivity contribution in [1.82, 2.24) is 10.2 Å². The van der Waals surface area contributed by atoms with E-state index in [-0.39, 0.29) is 11.8 Å².